The van der Waals surface area contributed by atoms with Gasteiger partial charge in [-0.05, 0) is 13.3 Å². The Balaban J connectivity index is 5.72. The normalized spacial score (nSPS) is 12.8. The van der Waals surface area contributed by atoms with E-state index in [-0.39, 0.29) is 44.8 Å². The van der Waals surface area contributed by atoms with Gasteiger partial charge in [-0.3, -0.25) is 38.4 Å². The summed E-state index contributed by atoms with van der Waals surface area (Å²) in [5, 5.41) is 35.8. The fourth-order valence-corrected chi connectivity index (χ4v) is 4.16. The third-order valence-electron chi connectivity index (χ3n) is 4.41. The minimum absolute atomic E-state index is 0.186. The zero-order valence-corrected chi connectivity index (χ0v) is 19.0. The van der Waals surface area contributed by atoms with Crippen LogP contribution in [0.1, 0.15) is 19.8 Å². The van der Waals surface area contributed by atoms with Crippen LogP contribution in [-0.4, -0.2) is 133 Å². The van der Waals surface area contributed by atoms with Crippen LogP contribution in [0.15, 0.2) is 0 Å². The van der Waals surface area contributed by atoms with Gasteiger partial charge in [0.15, 0.2) is 0 Å². The van der Waals surface area contributed by atoms with E-state index in [1.54, 1.807) is 0 Å². The first-order valence-electron chi connectivity index (χ1n) is 9.72. The summed E-state index contributed by atoms with van der Waals surface area (Å²) in [4.78, 5) is 78.2. The summed E-state index contributed by atoms with van der Waals surface area (Å²) in [7, 11) is -4.85. The van der Waals surface area contributed by atoms with E-state index in [1.165, 1.54) is 11.8 Å². The number of Topliss-reactive ketones (excluding diaryl/α,β-unsaturated/α-hetero) is 1. The highest BCUT2D eigenvalue weighted by atomic mass is 31.2. The summed E-state index contributed by atoms with van der Waals surface area (Å²) in [5.41, 5.74) is 0. The van der Waals surface area contributed by atoms with E-state index in [2.05, 4.69) is 0 Å². The van der Waals surface area contributed by atoms with Crippen molar-refractivity contribution in [3.8, 4) is 0 Å². The quantitative estimate of drug-likeness (QED) is 0.107. The average Bonchev–Trinajstić information content (AvgIpc) is 2.59. The van der Waals surface area contributed by atoms with Crippen molar-refractivity contribution in [1.29, 1.82) is 0 Å². The zero-order chi connectivity index (χ0) is 25.8. The lowest BCUT2D eigenvalue weighted by Gasteiger charge is -2.34. The van der Waals surface area contributed by atoms with Gasteiger partial charge in [0.2, 0.25) is 0 Å². The van der Waals surface area contributed by atoms with Crippen LogP contribution in [0.3, 0.4) is 0 Å². The predicted octanol–water partition coefficient (Wildman–Crippen LogP) is -1.90. The number of aliphatic carboxylic acids is 4. The molecule has 0 aliphatic heterocycles. The molecule has 190 valence electrons. The minimum atomic E-state index is -4.85. The topological polar surface area (TPSA) is 234 Å². The maximum Gasteiger partial charge on any atom is 0.342 e. The molecule has 0 aromatic rings. The van der Waals surface area contributed by atoms with Crippen LogP contribution in [0.2, 0.25) is 0 Å². The Morgan fingerprint density at radius 1 is 0.697 bits per heavy atom. The van der Waals surface area contributed by atoms with Crippen molar-refractivity contribution in [2.75, 3.05) is 52.4 Å². The first kappa shape index (κ1) is 30.6. The van der Waals surface area contributed by atoms with E-state index >= 15 is 0 Å². The molecular weight excluding hydrogens is 469 g/mol. The molecule has 0 saturated heterocycles. The molecule has 33 heavy (non-hydrogen) atoms. The maximum absolute atomic E-state index is 12.1. The van der Waals surface area contributed by atoms with Crippen molar-refractivity contribution in [1.82, 2.24) is 14.7 Å². The summed E-state index contributed by atoms with van der Waals surface area (Å²) < 4.78 is 12.1. The van der Waals surface area contributed by atoms with Gasteiger partial charge in [0, 0.05) is 32.6 Å². The Labute approximate surface area is 189 Å². The number of carbonyl (C=O) groups is 5. The number of carbonyl (C=O) groups excluding carboxylic acids is 1. The van der Waals surface area contributed by atoms with Gasteiger partial charge in [0.05, 0.1) is 26.2 Å². The van der Waals surface area contributed by atoms with Crippen LogP contribution in [0.25, 0.3) is 0 Å². The smallest absolute Gasteiger partial charge is 0.342 e. The highest BCUT2D eigenvalue weighted by Gasteiger charge is 2.35. The summed E-state index contributed by atoms with van der Waals surface area (Å²) in [6.07, 6.45) is -0.455. The molecule has 0 aromatic heterocycles. The van der Waals surface area contributed by atoms with Crippen molar-refractivity contribution in [3.05, 3.63) is 0 Å². The van der Waals surface area contributed by atoms with Gasteiger partial charge < -0.3 is 35.0 Å². The molecule has 0 aromatic carbocycles. The Morgan fingerprint density at radius 3 is 1.27 bits per heavy atom. The van der Waals surface area contributed by atoms with Crippen molar-refractivity contribution in [2.24, 2.45) is 0 Å². The van der Waals surface area contributed by atoms with E-state index in [0.717, 1.165) is 9.80 Å². The SMILES string of the molecule is CC(=O)CCC(N(CCN(CC(=O)O)CC(=O)O)CCN(CC(=O)O)CC(=O)O)P(=O)(O)O. The lowest BCUT2D eigenvalue weighted by Crippen LogP contribution is -2.47. The standard InChI is InChI=1S/C17H30N3O12P/c1-12(21)2-3-13(33(30,31)32)20(6-4-18(8-14(22)23)9-15(24)25)7-5-19(10-16(26)27)11-17(28)29/h13H,2-11H2,1H3,(H,22,23)(H,24,25)(H,26,27)(H,28,29)(H2,30,31,32). The molecular formula is C17H30N3O12P. The number of hydrogen-bond donors (Lipinski definition) is 6. The number of nitrogens with zero attached hydrogens (tertiary/aromatic N) is 3. The molecule has 0 amide bonds. The van der Waals surface area contributed by atoms with Crippen LogP contribution in [-0.2, 0) is 28.5 Å². The zero-order valence-electron chi connectivity index (χ0n) is 18.1. The van der Waals surface area contributed by atoms with Crippen LogP contribution in [0.5, 0.6) is 0 Å². The number of carboxylic acid groups (broad SMARTS) is 4. The molecule has 0 radical (unpaired) electrons. The molecule has 0 spiro atoms. The molecule has 0 rings (SSSR count). The maximum atomic E-state index is 12.1. The van der Waals surface area contributed by atoms with E-state index in [0.29, 0.717) is 0 Å². The highest BCUT2D eigenvalue weighted by Crippen LogP contribution is 2.45. The summed E-state index contributed by atoms with van der Waals surface area (Å²) in [6, 6.07) is 0. The van der Waals surface area contributed by atoms with Crippen LogP contribution in [0.4, 0.5) is 0 Å². The number of rotatable bonds is 19. The molecule has 6 N–H and O–H groups in total. The lowest BCUT2D eigenvalue weighted by molar-refractivity contribution is -0.143. The Bertz CT molecular complexity index is 684. The van der Waals surface area contributed by atoms with Crippen molar-refractivity contribution < 1.29 is 58.8 Å². The Kier molecular flexibility index (Phi) is 13.6. The van der Waals surface area contributed by atoms with Gasteiger partial charge in [-0.15, -0.1) is 0 Å². The molecule has 16 heteroatoms. The second-order valence-corrected chi connectivity index (χ2v) is 9.12. The second-order valence-electron chi connectivity index (χ2n) is 7.34. The number of carboxylic acids is 4. The molecule has 0 fully saturated rings. The van der Waals surface area contributed by atoms with Crippen molar-refractivity contribution in [3.63, 3.8) is 0 Å². The summed E-state index contributed by atoms with van der Waals surface area (Å²) >= 11 is 0. The van der Waals surface area contributed by atoms with Gasteiger partial charge in [0.1, 0.15) is 11.6 Å². The van der Waals surface area contributed by atoms with Gasteiger partial charge in [-0.25, -0.2) is 0 Å². The van der Waals surface area contributed by atoms with E-state index in [1.807, 2.05) is 0 Å². The molecule has 0 bridgehead atoms. The Morgan fingerprint density at radius 2 is 1.03 bits per heavy atom. The van der Waals surface area contributed by atoms with E-state index in [4.69, 9.17) is 20.4 Å². The minimum Gasteiger partial charge on any atom is -0.480 e. The summed E-state index contributed by atoms with van der Waals surface area (Å²) in [5.74, 6) is -7.13. The first-order chi connectivity index (χ1) is 15.1. The fraction of sp³-hybridized carbons (Fsp3) is 0.706. The monoisotopic (exact) mass is 499 g/mol. The first-order valence-corrected chi connectivity index (χ1v) is 11.4. The second kappa shape index (κ2) is 14.7. The Hall–Kier alpha value is -2.42. The van der Waals surface area contributed by atoms with Crippen LogP contribution >= 0.6 is 7.60 Å². The molecule has 0 saturated carbocycles. The third-order valence-corrected chi connectivity index (χ3v) is 5.77. The van der Waals surface area contributed by atoms with E-state index in [9.17, 15) is 38.3 Å². The molecule has 0 heterocycles. The predicted molar refractivity (Wildman–Crippen MR) is 111 cm³/mol. The summed E-state index contributed by atoms with van der Waals surface area (Å²) in [6.45, 7) is -2.32. The largest absolute Gasteiger partial charge is 0.480 e. The van der Waals surface area contributed by atoms with Gasteiger partial charge in [0.25, 0.3) is 0 Å². The molecule has 0 aliphatic carbocycles. The average molecular weight is 499 g/mol. The molecule has 15 nitrogen and oxygen atoms in total. The number of ketones is 1. The fourth-order valence-electron chi connectivity index (χ4n) is 3.04. The number of hydrogen-bond acceptors (Lipinski definition) is 9. The molecule has 1 atom stereocenters. The third kappa shape index (κ3) is 15.1. The van der Waals surface area contributed by atoms with Gasteiger partial charge >= 0.3 is 31.5 Å². The van der Waals surface area contributed by atoms with Crippen LogP contribution in [0, 0.1) is 0 Å². The highest BCUT2D eigenvalue weighted by molar-refractivity contribution is 7.52. The van der Waals surface area contributed by atoms with Crippen molar-refractivity contribution >= 4 is 37.3 Å². The molecule has 0 aliphatic rings. The van der Waals surface area contributed by atoms with E-state index < -0.39 is 63.4 Å². The molecule has 1 unspecified atom stereocenters. The lowest BCUT2D eigenvalue weighted by atomic mass is 10.2. The van der Waals surface area contributed by atoms with Crippen LogP contribution < -0.4 is 0 Å². The van der Waals surface area contributed by atoms with Crippen molar-refractivity contribution in [2.45, 2.75) is 25.5 Å². The van der Waals surface area contributed by atoms with Gasteiger partial charge in [-0.2, -0.15) is 0 Å². The van der Waals surface area contributed by atoms with Gasteiger partial charge in [-0.1, -0.05) is 0 Å².